The Bertz CT molecular complexity index is 852. The lowest BCUT2D eigenvalue weighted by molar-refractivity contribution is -0.137. The molecule has 27 heavy (non-hydrogen) atoms. The third-order valence-corrected chi connectivity index (χ3v) is 8.47. The lowest BCUT2D eigenvalue weighted by Crippen LogP contribution is -2.63. The number of alkyl halides is 3. The van der Waals surface area contributed by atoms with Crippen LogP contribution in [0.3, 0.4) is 0 Å². The molecule has 1 radical (unpaired) electrons. The van der Waals surface area contributed by atoms with Gasteiger partial charge >= 0.3 is 6.18 Å². The van der Waals surface area contributed by atoms with Gasteiger partial charge in [0, 0.05) is 11.5 Å². The monoisotopic (exact) mass is 400 g/mol. The van der Waals surface area contributed by atoms with Crippen LogP contribution in [0.4, 0.5) is 13.2 Å². The van der Waals surface area contributed by atoms with Crippen LogP contribution >= 0.6 is 0 Å². The molecule has 0 spiro atoms. The molecule has 4 saturated carbocycles. The van der Waals surface area contributed by atoms with E-state index < -0.39 is 27.2 Å². The maximum Gasteiger partial charge on any atom is 0.416 e. The number of rotatable bonds is 4. The summed E-state index contributed by atoms with van der Waals surface area (Å²) in [5, 5.41) is 0. The van der Waals surface area contributed by atoms with Gasteiger partial charge in [0.15, 0.2) is 0 Å². The van der Waals surface area contributed by atoms with Crippen LogP contribution in [0.2, 0.25) is 0 Å². The molecular formula is C19H21F3NO3S. The predicted octanol–water partition coefficient (Wildman–Crippen LogP) is 3.53. The van der Waals surface area contributed by atoms with E-state index in [-0.39, 0.29) is 28.7 Å². The summed E-state index contributed by atoms with van der Waals surface area (Å²) in [5.74, 6) is 0.604. The largest absolute Gasteiger partial charge is 0.416 e. The molecule has 4 nitrogen and oxygen atoms in total. The Kier molecular flexibility index (Phi) is 4.24. The summed E-state index contributed by atoms with van der Waals surface area (Å²) in [6.07, 6.45) is 0.978. The van der Waals surface area contributed by atoms with Crippen LogP contribution in [0.15, 0.2) is 29.2 Å². The zero-order valence-electron chi connectivity index (χ0n) is 14.8. The van der Waals surface area contributed by atoms with Gasteiger partial charge < -0.3 is 0 Å². The normalized spacial score (nSPS) is 38.1. The minimum atomic E-state index is -4.51. The molecule has 8 heteroatoms. The van der Waals surface area contributed by atoms with Gasteiger partial charge in [-0.3, -0.25) is 4.79 Å². The Morgan fingerprint density at radius 2 is 1.81 bits per heavy atom. The van der Waals surface area contributed by atoms with E-state index >= 15 is 0 Å². The molecule has 4 aliphatic carbocycles. The first-order valence-electron chi connectivity index (χ1n) is 9.15. The van der Waals surface area contributed by atoms with E-state index in [1.807, 2.05) is 6.92 Å². The van der Waals surface area contributed by atoms with E-state index in [0.29, 0.717) is 12.3 Å². The molecule has 4 fully saturated rings. The van der Waals surface area contributed by atoms with Gasteiger partial charge in [0.1, 0.15) is 0 Å². The molecule has 6 unspecified atom stereocenters. The van der Waals surface area contributed by atoms with Crippen LogP contribution in [0.25, 0.3) is 0 Å². The molecule has 4 aliphatic rings. The maximum absolute atomic E-state index is 12.8. The highest BCUT2D eigenvalue weighted by atomic mass is 32.2. The molecule has 1 aromatic carbocycles. The van der Waals surface area contributed by atoms with E-state index in [1.54, 1.807) is 0 Å². The smallest absolute Gasteiger partial charge is 0.290 e. The number of sulfonamides is 1. The van der Waals surface area contributed by atoms with Gasteiger partial charge in [0.2, 0.25) is 16.3 Å². The number of hydrogen-bond donors (Lipinski definition) is 1. The average molecular weight is 400 g/mol. The summed E-state index contributed by atoms with van der Waals surface area (Å²) >= 11 is 0. The summed E-state index contributed by atoms with van der Waals surface area (Å²) < 4.78 is 66.4. The zero-order valence-corrected chi connectivity index (χ0v) is 15.6. The van der Waals surface area contributed by atoms with Gasteiger partial charge in [-0.15, -0.1) is 0 Å². The van der Waals surface area contributed by atoms with Gasteiger partial charge in [0.05, 0.1) is 10.5 Å². The van der Waals surface area contributed by atoms with Crippen molar-refractivity contribution in [3.8, 4) is 0 Å². The molecule has 6 atom stereocenters. The second kappa shape index (κ2) is 6.04. The van der Waals surface area contributed by atoms with Crippen molar-refractivity contribution in [2.45, 2.75) is 49.7 Å². The van der Waals surface area contributed by atoms with E-state index in [1.165, 1.54) is 0 Å². The van der Waals surface area contributed by atoms with Gasteiger partial charge in [0.25, 0.3) is 0 Å². The molecule has 147 valence electrons. The van der Waals surface area contributed by atoms with E-state index in [0.717, 1.165) is 43.5 Å². The van der Waals surface area contributed by atoms with Crippen LogP contribution in [-0.2, 0) is 21.0 Å². The predicted molar refractivity (Wildman–Crippen MR) is 91.8 cm³/mol. The first-order valence-corrected chi connectivity index (χ1v) is 10.6. The van der Waals surface area contributed by atoms with Crippen LogP contribution in [0, 0.1) is 29.1 Å². The average Bonchev–Trinajstić information content (AvgIpc) is 2.61. The van der Waals surface area contributed by atoms with Gasteiger partial charge in [-0.25, -0.2) is 13.1 Å². The Hall–Kier alpha value is -1.41. The van der Waals surface area contributed by atoms with Gasteiger partial charge in [-0.1, -0.05) is 6.92 Å². The molecule has 0 saturated heterocycles. The highest BCUT2D eigenvalue weighted by Gasteiger charge is 2.60. The summed E-state index contributed by atoms with van der Waals surface area (Å²) in [4.78, 5) is 11.5. The van der Waals surface area contributed by atoms with Crippen molar-refractivity contribution in [3.63, 3.8) is 0 Å². The fourth-order valence-corrected chi connectivity index (χ4v) is 7.08. The fourth-order valence-electron chi connectivity index (χ4n) is 5.72. The van der Waals surface area contributed by atoms with Crippen molar-refractivity contribution in [3.05, 3.63) is 29.8 Å². The van der Waals surface area contributed by atoms with Gasteiger partial charge in [-0.2, -0.15) is 13.2 Å². The molecule has 5 rings (SSSR count). The van der Waals surface area contributed by atoms with Gasteiger partial charge in [-0.05, 0) is 73.6 Å². The number of benzene rings is 1. The van der Waals surface area contributed by atoms with Crippen molar-refractivity contribution < 1.29 is 26.4 Å². The van der Waals surface area contributed by atoms with Crippen molar-refractivity contribution in [2.24, 2.45) is 29.1 Å². The molecule has 1 N–H and O–H groups in total. The second-order valence-corrected chi connectivity index (χ2v) is 10.1. The zero-order chi connectivity index (χ0) is 19.6. The Labute approximate surface area is 156 Å². The van der Waals surface area contributed by atoms with E-state index in [4.69, 9.17) is 0 Å². The Balaban J connectivity index is 1.58. The summed E-state index contributed by atoms with van der Waals surface area (Å²) in [7, 11) is -3.93. The first-order chi connectivity index (χ1) is 12.6. The van der Waals surface area contributed by atoms with E-state index in [2.05, 4.69) is 11.0 Å². The molecule has 0 heterocycles. The highest BCUT2D eigenvalue weighted by Crippen LogP contribution is 2.62. The molecule has 1 aromatic rings. The molecule has 0 amide bonds. The standard InChI is InChI=1S/C19H21F3NO3S/c1-11-16-7-12-6-13(9-18(11,8-12)10-24)17(16)23-27(25,26)15-4-2-14(3-5-15)19(20,21)22/h2-5,11-13,16-17,23H,6-9H2,1H3. The summed E-state index contributed by atoms with van der Waals surface area (Å²) in [6.45, 7) is 1.99. The number of carbonyl (C=O) groups excluding carboxylic acids is 1. The third-order valence-electron chi connectivity index (χ3n) is 6.99. The summed E-state index contributed by atoms with van der Waals surface area (Å²) in [6, 6.07) is 3.26. The highest BCUT2D eigenvalue weighted by molar-refractivity contribution is 7.89. The van der Waals surface area contributed by atoms with Crippen molar-refractivity contribution in [1.82, 2.24) is 4.72 Å². The van der Waals surface area contributed by atoms with Crippen LogP contribution in [0.1, 0.15) is 38.2 Å². The molecule has 0 aromatic heterocycles. The SMILES string of the molecule is CC1C2CC3CC(CC1([C]=O)C3)C2NS(=O)(=O)c1ccc(C(F)(F)F)cc1. The van der Waals surface area contributed by atoms with Crippen molar-refractivity contribution >= 4 is 16.3 Å². The maximum atomic E-state index is 12.8. The third kappa shape index (κ3) is 3.01. The quantitative estimate of drug-likeness (QED) is 0.841. The van der Waals surface area contributed by atoms with Crippen LogP contribution in [0.5, 0.6) is 0 Å². The Morgan fingerprint density at radius 3 is 2.41 bits per heavy atom. The minimum Gasteiger partial charge on any atom is -0.290 e. The second-order valence-electron chi connectivity index (χ2n) is 8.39. The van der Waals surface area contributed by atoms with Crippen LogP contribution in [-0.4, -0.2) is 20.7 Å². The van der Waals surface area contributed by atoms with Crippen LogP contribution < -0.4 is 4.72 Å². The lowest BCUT2D eigenvalue weighted by atomic mass is 9.44. The first kappa shape index (κ1) is 18.9. The summed E-state index contributed by atoms with van der Waals surface area (Å²) in [5.41, 5.74) is -1.35. The number of hydrogen-bond acceptors (Lipinski definition) is 3. The fraction of sp³-hybridized carbons (Fsp3) is 0.632. The van der Waals surface area contributed by atoms with E-state index in [9.17, 15) is 26.4 Å². The van der Waals surface area contributed by atoms with Crippen molar-refractivity contribution in [1.29, 1.82) is 0 Å². The topological polar surface area (TPSA) is 63.2 Å². The molecule has 4 bridgehead atoms. The molecular weight excluding hydrogens is 379 g/mol. The molecule has 0 aliphatic heterocycles. The lowest BCUT2D eigenvalue weighted by Gasteiger charge is -2.61. The Morgan fingerprint density at radius 1 is 1.15 bits per heavy atom. The number of nitrogens with one attached hydrogen (secondary N) is 1. The minimum absolute atomic E-state index is 0.0445. The van der Waals surface area contributed by atoms with Crippen molar-refractivity contribution in [2.75, 3.05) is 0 Å². The number of halogens is 3.